The van der Waals surface area contributed by atoms with E-state index >= 15 is 0 Å². The van der Waals surface area contributed by atoms with Crippen molar-refractivity contribution in [1.82, 2.24) is 5.32 Å². The summed E-state index contributed by atoms with van der Waals surface area (Å²) in [5.41, 5.74) is 0.686. The summed E-state index contributed by atoms with van der Waals surface area (Å²) in [4.78, 5) is 11.6. The molecule has 0 spiro atoms. The zero-order chi connectivity index (χ0) is 11.7. The van der Waals surface area contributed by atoms with Gasteiger partial charge in [0.15, 0.2) is 5.78 Å². The maximum atomic E-state index is 11.6. The molecule has 0 aromatic heterocycles. The van der Waals surface area contributed by atoms with Gasteiger partial charge in [0, 0.05) is 12.3 Å². The zero-order valence-electron chi connectivity index (χ0n) is 9.75. The third-order valence-electron chi connectivity index (χ3n) is 2.35. The third kappa shape index (κ3) is 5.89. The fourth-order valence-electron chi connectivity index (χ4n) is 1.23. The van der Waals surface area contributed by atoms with E-state index in [0.717, 1.165) is 19.3 Å². The smallest absolute Gasteiger partial charge is 0.182 e. The van der Waals surface area contributed by atoms with Crippen molar-refractivity contribution in [1.29, 1.82) is 0 Å². The Morgan fingerprint density at radius 2 is 2.20 bits per heavy atom. The third-order valence-corrected chi connectivity index (χ3v) is 2.35. The first-order valence-electron chi connectivity index (χ1n) is 5.40. The second kappa shape index (κ2) is 8.04. The number of hydrogen-bond acceptors (Lipinski definition) is 2. The minimum absolute atomic E-state index is 0.00652. The van der Waals surface area contributed by atoms with Crippen molar-refractivity contribution in [2.24, 2.45) is 5.92 Å². The van der Waals surface area contributed by atoms with Crippen LogP contribution in [0.2, 0.25) is 0 Å². The summed E-state index contributed by atoms with van der Waals surface area (Å²) < 4.78 is 0. The van der Waals surface area contributed by atoms with Crippen LogP contribution in [-0.4, -0.2) is 5.78 Å². The molecule has 0 aromatic rings. The molecule has 0 saturated carbocycles. The van der Waals surface area contributed by atoms with E-state index in [9.17, 15) is 4.79 Å². The van der Waals surface area contributed by atoms with Crippen LogP contribution in [0.15, 0.2) is 37.2 Å². The van der Waals surface area contributed by atoms with Gasteiger partial charge >= 0.3 is 0 Å². The first-order valence-corrected chi connectivity index (χ1v) is 5.40. The Morgan fingerprint density at radius 1 is 1.53 bits per heavy atom. The van der Waals surface area contributed by atoms with Crippen LogP contribution in [0.1, 0.15) is 33.1 Å². The molecule has 0 aliphatic heterocycles. The highest BCUT2D eigenvalue weighted by Gasteiger charge is 2.11. The zero-order valence-corrected chi connectivity index (χ0v) is 9.75. The van der Waals surface area contributed by atoms with Crippen LogP contribution in [-0.2, 0) is 4.79 Å². The first kappa shape index (κ1) is 13.7. The van der Waals surface area contributed by atoms with Crippen LogP contribution < -0.4 is 5.32 Å². The van der Waals surface area contributed by atoms with Crippen molar-refractivity contribution < 1.29 is 4.79 Å². The van der Waals surface area contributed by atoms with E-state index in [0.29, 0.717) is 5.57 Å². The number of hydrogen-bond donors (Lipinski definition) is 1. The molecule has 2 heteroatoms. The maximum absolute atomic E-state index is 11.6. The van der Waals surface area contributed by atoms with Gasteiger partial charge in [0.05, 0.1) is 0 Å². The van der Waals surface area contributed by atoms with E-state index in [1.54, 1.807) is 6.20 Å². The van der Waals surface area contributed by atoms with Gasteiger partial charge in [-0.2, -0.15) is 0 Å². The lowest BCUT2D eigenvalue weighted by Gasteiger charge is -2.11. The lowest BCUT2D eigenvalue weighted by atomic mass is 9.93. The van der Waals surface area contributed by atoms with Crippen LogP contribution in [0.5, 0.6) is 0 Å². The summed E-state index contributed by atoms with van der Waals surface area (Å²) in [5, 5.41) is 2.74. The molecule has 0 aromatic carbocycles. The Labute approximate surface area is 92.8 Å². The van der Waals surface area contributed by atoms with Crippen molar-refractivity contribution in [3.63, 3.8) is 0 Å². The number of carbonyl (C=O) groups is 1. The summed E-state index contributed by atoms with van der Waals surface area (Å²) in [6.07, 6.45) is 7.91. The Balaban J connectivity index is 4.07. The predicted molar refractivity (Wildman–Crippen MR) is 65.3 cm³/mol. The number of nitrogens with one attached hydrogen (secondary N) is 1. The van der Waals surface area contributed by atoms with Crippen molar-refractivity contribution in [3.8, 4) is 0 Å². The van der Waals surface area contributed by atoms with E-state index in [4.69, 9.17) is 0 Å². The van der Waals surface area contributed by atoms with Crippen LogP contribution in [0, 0.1) is 5.92 Å². The minimum atomic E-state index is -0.00652. The predicted octanol–water partition coefficient (Wildman–Crippen LogP) is 3.18. The van der Waals surface area contributed by atoms with E-state index < -0.39 is 0 Å². The molecule has 2 nitrogen and oxygen atoms in total. The van der Waals surface area contributed by atoms with Gasteiger partial charge in [0.1, 0.15) is 0 Å². The summed E-state index contributed by atoms with van der Waals surface area (Å²) in [6.45, 7) is 11.5. The molecule has 15 heavy (non-hydrogen) atoms. The van der Waals surface area contributed by atoms with Crippen molar-refractivity contribution in [2.45, 2.75) is 33.1 Å². The minimum Gasteiger partial charge on any atom is -0.368 e. The monoisotopic (exact) mass is 207 g/mol. The molecule has 0 saturated heterocycles. The van der Waals surface area contributed by atoms with Gasteiger partial charge in [-0.05, 0) is 24.1 Å². The number of allylic oxidation sites excluding steroid dienone is 2. The van der Waals surface area contributed by atoms with Crippen LogP contribution in [0.4, 0.5) is 0 Å². The Bertz CT molecular complexity index is 253. The molecule has 1 N–H and O–H groups in total. The largest absolute Gasteiger partial charge is 0.368 e. The van der Waals surface area contributed by atoms with Crippen LogP contribution in [0.3, 0.4) is 0 Å². The van der Waals surface area contributed by atoms with Crippen molar-refractivity contribution in [3.05, 3.63) is 37.2 Å². The molecule has 0 rings (SSSR count). The lowest BCUT2D eigenvalue weighted by Crippen LogP contribution is -2.08. The number of rotatable bonds is 8. The number of unbranched alkanes of at least 4 members (excludes halogenated alkanes) is 1. The van der Waals surface area contributed by atoms with Crippen LogP contribution in [0.25, 0.3) is 0 Å². The number of ketones is 1. The van der Waals surface area contributed by atoms with Gasteiger partial charge in [-0.1, -0.05) is 39.8 Å². The van der Waals surface area contributed by atoms with Gasteiger partial charge < -0.3 is 5.32 Å². The van der Waals surface area contributed by atoms with Gasteiger partial charge in [0.25, 0.3) is 0 Å². The summed E-state index contributed by atoms with van der Waals surface area (Å²) in [5.74, 6) is 0.263. The molecule has 1 atom stereocenters. The Morgan fingerprint density at radius 3 is 2.73 bits per heavy atom. The van der Waals surface area contributed by atoms with Gasteiger partial charge in [0.2, 0.25) is 0 Å². The molecule has 0 bridgehead atoms. The molecule has 0 radical (unpaired) electrons. The molecule has 0 amide bonds. The van der Waals surface area contributed by atoms with Gasteiger partial charge in [-0.3, -0.25) is 4.79 Å². The number of carbonyl (C=O) groups excluding carboxylic acids is 1. The Hall–Kier alpha value is -1.31. The lowest BCUT2D eigenvalue weighted by molar-refractivity contribution is -0.111. The van der Waals surface area contributed by atoms with Crippen molar-refractivity contribution >= 4 is 5.78 Å². The fraction of sp³-hybridized carbons (Fsp3) is 0.462. The molecule has 0 fully saturated rings. The summed E-state index contributed by atoms with van der Waals surface area (Å²) >= 11 is 0. The molecular weight excluding hydrogens is 186 g/mol. The second-order valence-corrected chi connectivity index (χ2v) is 3.64. The van der Waals surface area contributed by atoms with E-state index in [1.807, 2.05) is 6.92 Å². The standard InChI is InChI=1S/C13H21NO/c1-5-7-8-11(3)12(4)13(15)9-10-14-6-2/h6,9-11,14H,2,4-5,7-8H2,1,3H3/b10-9-. The highest BCUT2D eigenvalue weighted by molar-refractivity contribution is 6.03. The SMILES string of the molecule is C=CN/C=C\C(=O)C(=C)C(C)CCCC. The molecule has 0 heterocycles. The van der Waals surface area contributed by atoms with Crippen molar-refractivity contribution in [2.75, 3.05) is 0 Å². The highest BCUT2D eigenvalue weighted by atomic mass is 16.1. The molecule has 0 aliphatic rings. The van der Waals surface area contributed by atoms with Gasteiger partial charge in [-0.25, -0.2) is 0 Å². The maximum Gasteiger partial charge on any atom is 0.182 e. The molecular formula is C13H21NO. The summed E-state index contributed by atoms with van der Waals surface area (Å²) in [7, 11) is 0. The second-order valence-electron chi connectivity index (χ2n) is 3.64. The van der Waals surface area contributed by atoms with Gasteiger partial charge in [-0.15, -0.1) is 0 Å². The Kier molecular flexibility index (Phi) is 7.33. The van der Waals surface area contributed by atoms with E-state index in [1.165, 1.54) is 12.3 Å². The average Bonchev–Trinajstić information content (AvgIpc) is 2.24. The first-order chi connectivity index (χ1) is 7.13. The quantitative estimate of drug-likeness (QED) is 0.619. The molecule has 84 valence electrons. The molecule has 1 unspecified atom stereocenters. The van der Waals surface area contributed by atoms with E-state index in [2.05, 4.69) is 25.4 Å². The van der Waals surface area contributed by atoms with E-state index in [-0.39, 0.29) is 11.7 Å². The summed E-state index contributed by atoms with van der Waals surface area (Å²) in [6, 6.07) is 0. The topological polar surface area (TPSA) is 29.1 Å². The normalized spacial score (nSPS) is 12.4. The van der Waals surface area contributed by atoms with Crippen LogP contribution >= 0.6 is 0 Å². The highest BCUT2D eigenvalue weighted by Crippen LogP contribution is 2.16. The average molecular weight is 207 g/mol. The fourth-order valence-corrected chi connectivity index (χ4v) is 1.23. The molecule has 0 aliphatic carbocycles.